The molecule has 6 heteroatoms. The van der Waals surface area contributed by atoms with Gasteiger partial charge in [-0.25, -0.2) is 9.48 Å². The van der Waals surface area contributed by atoms with Gasteiger partial charge < -0.3 is 9.84 Å². The fraction of sp³-hybridized carbons (Fsp3) is 0.241. The SMILES string of the molecule is O=C(O)c1ccc(-c2cc(-c3ccc(OCCN4CCCCC4)cc3)nn2-c2ccccc2)cc1. The number of carboxylic acids is 1. The van der Waals surface area contributed by atoms with Gasteiger partial charge in [0.2, 0.25) is 0 Å². The van der Waals surface area contributed by atoms with Crippen molar-refractivity contribution in [3.63, 3.8) is 0 Å². The molecule has 0 radical (unpaired) electrons. The Morgan fingerprint density at radius 1 is 0.857 bits per heavy atom. The molecule has 0 unspecified atom stereocenters. The Morgan fingerprint density at radius 2 is 1.54 bits per heavy atom. The Bertz CT molecular complexity index is 1260. The molecular formula is C29H29N3O3. The quantitative estimate of drug-likeness (QED) is 0.356. The van der Waals surface area contributed by atoms with E-state index in [9.17, 15) is 9.90 Å². The fourth-order valence-electron chi connectivity index (χ4n) is 4.47. The van der Waals surface area contributed by atoms with Crippen molar-refractivity contribution in [1.29, 1.82) is 0 Å². The molecule has 3 aromatic carbocycles. The predicted octanol–water partition coefficient (Wildman–Crippen LogP) is 5.77. The van der Waals surface area contributed by atoms with E-state index in [1.165, 1.54) is 32.4 Å². The van der Waals surface area contributed by atoms with Gasteiger partial charge in [-0.1, -0.05) is 36.8 Å². The monoisotopic (exact) mass is 467 g/mol. The highest BCUT2D eigenvalue weighted by Crippen LogP contribution is 2.30. The molecule has 1 aromatic heterocycles. The Hall–Kier alpha value is -3.90. The molecule has 1 fully saturated rings. The highest BCUT2D eigenvalue weighted by molar-refractivity contribution is 5.88. The van der Waals surface area contributed by atoms with Gasteiger partial charge in [0.15, 0.2) is 0 Å². The third-order valence-corrected chi connectivity index (χ3v) is 6.41. The molecule has 178 valence electrons. The Labute approximate surface area is 205 Å². The molecule has 1 aliphatic rings. The lowest BCUT2D eigenvalue weighted by molar-refractivity contribution is 0.0697. The van der Waals surface area contributed by atoms with Crippen molar-refractivity contribution in [2.24, 2.45) is 0 Å². The van der Waals surface area contributed by atoms with Crippen molar-refractivity contribution in [1.82, 2.24) is 14.7 Å². The first-order chi connectivity index (χ1) is 17.2. The van der Waals surface area contributed by atoms with Crippen molar-refractivity contribution in [3.05, 3.63) is 90.5 Å². The molecule has 6 nitrogen and oxygen atoms in total. The summed E-state index contributed by atoms with van der Waals surface area (Å²) in [5, 5.41) is 14.1. The molecular weight excluding hydrogens is 438 g/mol. The van der Waals surface area contributed by atoms with Crippen LogP contribution in [0.5, 0.6) is 5.75 Å². The molecule has 0 atom stereocenters. The summed E-state index contributed by atoms with van der Waals surface area (Å²) >= 11 is 0. The lowest BCUT2D eigenvalue weighted by Gasteiger charge is -2.26. The highest BCUT2D eigenvalue weighted by atomic mass is 16.5. The van der Waals surface area contributed by atoms with Gasteiger partial charge in [-0.2, -0.15) is 5.10 Å². The molecule has 0 amide bonds. The number of rotatable bonds is 8. The van der Waals surface area contributed by atoms with E-state index in [0.717, 1.165) is 40.5 Å². The van der Waals surface area contributed by atoms with Gasteiger partial charge in [0.05, 0.1) is 22.6 Å². The maximum Gasteiger partial charge on any atom is 0.335 e. The van der Waals surface area contributed by atoms with E-state index >= 15 is 0 Å². The van der Waals surface area contributed by atoms with Gasteiger partial charge in [0.1, 0.15) is 12.4 Å². The number of aromatic nitrogens is 2. The summed E-state index contributed by atoms with van der Waals surface area (Å²) in [6.07, 6.45) is 3.92. The predicted molar refractivity (Wildman–Crippen MR) is 137 cm³/mol. The number of hydrogen-bond acceptors (Lipinski definition) is 4. The summed E-state index contributed by atoms with van der Waals surface area (Å²) in [6.45, 7) is 4.01. The fourth-order valence-corrected chi connectivity index (χ4v) is 4.47. The minimum atomic E-state index is -0.938. The van der Waals surface area contributed by atoms with Crippen molar-refractivity contribution in [2.45, 2.75) is 19.3 Å². The van der Waals surface area contributed by atoms with Crippen LogP contribution < -0.4 is 4.74 Å². The van der Waals surface area contributed by atoms with E-state index in [2.05, 4.69) is 4.90 Å². The van der Waals surface area contributed by atoms with Crippen LogP contribution >= 0.6 is 0 Å². The van der Waals surface area contributed by atoms with Gasteiger partial charge in [0.25, 0.3) is 0 Å². The number of piperidine rings is 1. The lowest BCUT2D eigenvalue weighted by Crippen LogP contribution is -2.33. The summed E-state index contributed by atoms with van der Waals surface area (Å²) in [5.74, 6) is -0.0789. The minimum Gasteiger partial charge on any atom is -0.492 e. The van der Waals surface area contributed by atoms with E-state index in [4.69, 9.17) is 9.84 Å². The van der Waals surface area contributed by atoms with Crippen molar-refractivity contribution >= 4 is 5.97 Å². The maximum absolute atomic E-state index is 11.3. The minimum absolute atomic E-state index is 0.260. The van der Waals surface area contributed by atoms with Crippen LogP contribution in [0, 0.1) is 0 Å². The van der Waals surface area contributed by atoms with Gasteiger partial charge in [-0.05, 0) is 80.5 Å². The summed E-state index contributed by atoms with van der Waals surface area (Å²) in [7, 11) is 0. The Balaban J connectivity index is 1.37. The molecule has 0 spiro atoms. The number of likely N-dealkylation sites (tertiary alicyclic amines) is 1. The van der Waals surface area contributed by atoms with Gasteiger partial charge in [0, 0.05) is 17.7 Å². The first-order valence-electron chi connectivity index (χ1n) is 12.1. The second-order valence-corrected chi connectivity index (χ2v) is 8.82. The Kier molecular flexibility index (Phi) is 6.91. The van der Waals surface area contributed by atoms with Crippen LogP contribution in [-0.4, -0.2) is 52.0 Å². The molecule has 1 saturated heterocycles. The van der Waals surface area contributed by atoms with E-state index in [1.807, 2.05) is 77.5 Å². The number of aromatic carboxylic acids is 1. The normalized spacial score (nSPS) is 14.1. The van der Waals surface area contributed by atoms with Crippen LogP contribution in [0.3, 0.4) is 0 Å². The van der Waals surface area contributed by atoms with Crippen LogP contribution in [0.4, 0.5) is 0 Å². The number of benzene rings is 3. The molecule has 0 bridgehead atoms. The zero-order valence-corrected chi connectivity index (χ0v) is 19.6. The number of ether oxygens (including phenoxy) is 1. The van der Waals surface area contributed by atoms with Crippen molar-refractivity contribution < 1.29 is 14.6 Å². The van der Waals surface area contributed by atoms with E-state index in [1.54, 1.807) is 12.1 Å². The molecule has 1 aliphatic heterocycles. The topological polar surface area (TPSA) is 67.6 Å². The molecule has 2 heterocycles. The van der Waals surface area contributed by atoms with Crippen LogP contribution in [0.15, 0.2) is 84.9 Å². The van der Waals surface area contributed by atoms with Crippen LogP contribution in [-0.2, 0) is 0 Å². The highest BCUT2D eigenvalue weighted by Gasteiger charge is 2.14. The van der Waals surface area contributed by atoms with Gasteiger partial charge >= 0.3 is 5.97 Å². The number of carboxylic acid groups (broad SMARTS) is 1. The number of hydrogen-bond donors (Lipinski definition) is 1. The standard InChI is InChI=1S/C29H29N3O3/c33-29(34)24-11-9-23(10-12-24)28-21-27(30-32(28)25-7-3-1-4-8-25)22-13-15-26(16-14-22)35-20-19-31-17-5-2-6-18-31/h1,3-4,7-16,21H,2,5-6,17-20H2,(H,33,34). The first kappa shape index (κ1) is 22.9. The average molecular weight is 468 g/mol. The molecule has 5 rings (SSSR count). The number of nitrogens with zero attached hydrogens (tertiary/aromatic N) is 3. The summed E-state index contributed by atoms with van der Waals surface area (Å²) in [6, 6.07) is 26.9. The summed E-state index contributed by atoms with van der Waals surface area (Å²) in [5.41, 5.74) is 4.82. The van der Waals surface area contributed by atoms with Crippen LogP contribution in [0.1, 0.15) is 29.6 Å². The largest absolute Gasteiger partial charge is 0.492 e. The molecule has 0 saturated carbocycles. The average Bonchev–Trinajstić information content (AvgIpc) is 3.36. The van der Waals surface area contributed by atoms with E-state index in [-0.39, 0.29) is 5.56 Å². The summed E-state index contributed by atoms with van der Waals surface area (Å²) in [4.78, 5) is 13.7. The Morgan fingerprint density at radius 3 is 2.23 bits per heavy atom. The number of carbonyl (C=O) groups is 1. The second-order valence-electron chi connectivity index (χ2n) is 8.82. The number of para-hydroxylation sites is 1. The smallest absolute Gasteiger partial charge is 0.335 e. The van der Waals surface area contributed by atoms with Crippen LogP contribution in [0.25, 0.3) is 28.2 Å². The van der Waals surface area contributed by atoms with Gasteiger partial charge in [-0.3, -0.25) is 4.90 Å². The van der Waals surface area contributed by atoms with E-state index in [0.29, 0.717) is 6.61 Å². The zero-order chi connectivity index (χ0) is 24.0. The first-order valence-corrected chi connectivity index (χ1v) is 12.1. The second kappa shape index (κ2) is 10.6. The third-order valence-electron chi connectivity index (χ3n) is 6.41. The molecule has 4 aromatic rings. The van der Waals surface area contributed by atoms with Crippen molar-refractivity contribution in [3.8, 4) is 34.0 Å². The lowest BCUT2D eigenvalue weighted by atomic mass is 10.1. The van der Waals surface area contributed by atoms with E-state index < -0.39 is 5.97 Å². The summed E-state index contributed by atoms with van der Waals surface area (Å²) < 4.78 is 7.88. The molecule has 1 N–H and O–H groups in total. The van der Waals surface area contributed by atoms with Crippen molar-refractivity contribution in [2.75, 3.05) is 26.2 Å². The van der Waals surface area contributed by atoms with Gasteiger partial charge in [-0.15, -0.1) is 0 Å². The van der Waals surface area contributed by atoms with Crippen LogP contribution in [0.2, 0.25) is 0 Å². The zero-order valence-electron chi connectivity index (χ0n) is 19.6. The maximum atomic E-state index is 11.3. The third kappa shape index (κ3) is 5.44. The molecule has 0 aliphatic carbocycles. The molecule has 35 heavy (non-hydrogen) atoms.